The van der Waals surface area contributed by atoms with Crippen molar-refractivity contribution in [3.8, 4) is 0 Å². The van der Waals surface area contributed by atoms with Gasteiger partial charge in [-0.1, -0.05) is 17.7 Å². The van der Waals surface area contributed by atoms with Gasteiger partial charge in [-0.3, -0.25) is 9.69 Å². The minimum atomic E-state index is -0.166. The van der Waals surface area contributed by atoms with Crippen LogP contribution < -0.4 is 4.90 Å². The number of pyridine rings is 2. The van der Waals surface area contributed by atoms with Gasteiger partial charge in [-0.05, 0) is 31.2 Å². The van der Waals surface area contributed by atoms with E-state index in [1.165, 1.54) is 4.90 Å². The van der Waals surface area contributed by atoms with Crippen LogP contribution in [0.15, 0.2) is 36.5 Å². The molecule has 2 aromatic rings. The van der Waals surface area contributed by atoms with Crippen LogP contribution in [0.1, 0.15) is 16.1 Å². The van der Waals surface area contributed by atoms with Crippen molar-refractivity contribution in [2.24, 2.45) is 0 Å². The molecule has 0 saturated heterocycles. The van der Waals surface area contributed by atoms with Gasteiger partial charge in [0.1, 0.15) is 11.0 Å². The second-order valence-corrected chi connectivity index (χ2v) is 4.26. The molecule has 0 aliphatic carbocycles. The highest BCUT2D eigenvalue weighted by atomic mass is 35.5. The Morgan fingerprint density at radius 2 is 2.11 bits per heavy atom. The smallest absolute Gasteiger partial charge is 0.259 e. The van der Waals surface area contributed by atoms with E-state index in [1.54, 1.807) is 44.4 Å². The van der Waals surface area contributed by atoms with Crippen LogP contribution in [0.3, 0.4) is 0 Å². The van der Waals surface area contributed by atoms with Gasteiger partial charge in [-0.15, -0.1) is 0 Å². The van der Waals surface area contributed by atoms with Crippen LogP contribution in [0, 0.1) is 6.92 Å². The second kappa shape index (κ2) is 5.14. The summed E-state index contributed by atoms with van der Waals surface area (Å²) in [5.41, 5.74) is 1.21. The first kappa shape index (κ1) is 12.5. The molecular weight excluding hydrogens is 250 g/mol. The largest absolute Gasteiger partial charge is 0.296 e. The number of hydrogen-bond donors (Lipinski definition) is 0. The molecule has 92 valence electrons. The molecule has 0 spiro atoms. The van der Waals surface area contributed by atoms with Crippen molar-refractivity contribution in [2.75, 3.05) is 11.9 Å². The van der Waals surface area contributed by atoms with Gasteiger partial charge in [0.05, 0.1) is 0 Å². The summed E-state index contributed by atoms with van der Waals surface area (Å²) in [6, 6.07) is 8.66. The molecule has 0 atom stereocenters. The van der Waals surface area contributed by atoms with E-state index in [-0.39, 0.29) is 5.91 Å². The maximum atomic E-state index is 12.2. The molecule has 0 aliphatic rings. The van der Waals surface area contributed by atoms with E-state index >= 15 is 0 Å². The molecule has 0 aromatic carbocycles. The van der Waals surface area contributed by atoms with Gasteiger partial charge in [-0.25, -0.2) is 9.97 Å². The Bertz CT molecular complexity index is 551. The fraction of sp³-hybridized carbons (Fsp3) is 0.154. The van der Waals surface area contributed by atoms with Gasteiger partial charge in [-0.2, -0.15) is 0 Å². The summed E-state index contributed by atoms with van der Waals surface area (Å²) in [4.78, 5) is 21.9. The van der Waals surface area contributed by atoms with E-state index in [4.69, 9.17) is 11.6 Å². The SMILES string of the molecule is Cc1cc(C(=O)N(C)c2ccccn2)cc(Cl)n1. The predicted octanol–water partition coefficient (Wildman–Crippen LogP) is 2.72. The fourth-order valence-corrected chi connectivity index (χ4v) is 1.85. The molecule has 2 heterocycles. The topological polar surface area (TPSA) is 46.1 Å². The summed E-state index contributed by atoms with van der Waals surface area (Å²) in [7, 11) is 1.67. The van der Waals surface area contributed by atoms with Gasteiger partial charge in [0, 0.05) is 24.5 Å². The monoisotopic (exact) mass is 261 g/mol. The van der Waals surface area contributed by atoms with E-state index in [0.29, 0.717) is 22.2 Å². The Morgan fingerprint density at radius 3 is 2.72 bits per heavy atom. The van der Waals surface area contributed by atoms with Crippen LogP contribution in [-0.4, -0.2) is 22.9 Å². The highest BCUT2D eigenvalue weighted by Crippen LogP contribution is 2.15. The third-order valence-corrected chi connectivity index (χ3v) is 2.66. The number of hydrogen-bond acceptors (Lipinski definition) is 3. The second-order valence-electron chi connectivity index (χ2n) is 3.87. The molecule has 18 heavy (non-hydrogen) atoms. The molecular formula is C13H12ClN3O. The lowest BCUT2D eigenvalue weighted by molar-refractivity contribution is 0.0992. The third kappa shape index (κ3) is 2.65. The van der Waals surface area contributed by atoms with E-state index in [0.717, 1.165) is 0 Å². The molecule has 0 N–H and O–H groups in total. The average Bonchev–Trinajstić information content (AvgIpc) is 2.37. The number of nitrogens with zero attached hydrogens (tertiary/aromatic N) is 3. The number of aryl methyl sites for hydroxylation is 1. The molecule has 2 aromatic heterocycles. The first-order chi connectivity index (χ1) is 8.58. The van der Waals surface area contributed by atoms with Crippen LogP contribution >= 0.6 is 11.6 Å². The van der Waals surface area contributed by atoms with Crippen LogP contribution in [0.2, 0.25) is 5.15 Å². The average molecular weight is 262 g/mol. The Morgan fingerprint density at radius 1 is 1.33 bits per heavy atom. The third-order valence-electron chi connectivity index (χ3n) is 2.47. The molecule has 0 bridgehead atoms. The Balaban J connectivity index is 2.31. The quantitative estimate of drug-likeness (QED) is 0.781. The van der Waals surface area contributed by atoms with Crippen LogP contribution in [0.5, 0.6) is 0 Å². The number of amides is 1. The lowest BCUT2D eigenvalue weighted by Gasteiger charge is -2.16. The molecule has 0 radical (unpaired) electrons. The predicted molar refractivity (Wildman–Crippen MR) is 71.0 cm³/mol. The van der Waals surface area contributed by atoms with E-state index < -0.39 is 0 Å². The van der Waals surface area contributed by atoms with E-state index in [2.05, 4.69) is 9.97 Å². The van der Waals surface area contributed by atoms with Crippen LogP contribution in [0.25, 0.3) is 0 Å². The fourth-order valence-electron chi connectivity index (χ4n) is 1.60. The summed E-state index contributed by atoms with van der Waals surface area (Å²) in [6.45, 7) is 1.80. The molecule has 0 unspecified atom stereocenters. The van der Waals surface area contributed by atoms with Gasteiger partial charge in [0.25, 0.3) is 5.91 Å². The zero-order valence-electron chi connectivity index (χ0n) is 10.1. The number of halogens is 1. The lowest BCUT2D eigenvalue weighted by atomic mass is 10.2. The van der Waals surface area contributed by atoms with Gasteiger partial charge in [0.15, 0.2) is 0 Å². The van der Waals surface area contributed by atoms with Crippen molar-refractivity contribution in [3.05, 3.63) is 52.9 Å². The maximum Gasteiger partial charge on any atom is 0.259 e. The first-order valence-electron chi connectivity index (χ1n) is 5.41. The van der Waals surface area contributed by atoms with E-state index in [9.17, 15) is 4.79 Å². The van der Waals surface area contributed by atoms with Crippen LogP contribution in [0.4, 0.5) is 5.82 Å². The number of aromatic nitrogens is 2. The molecule has 4 nitrogen and oxygen atoms in total. The minimum absolute atomic E-state index is 0.166. The summed E-state index contributed by atoms with van der Waals surface area (Å²) in [5.74, 6) is 0.425. The van der Waals surface area contributed by atoms with Crippen molar-refractivity contribution in [3.63, 3.8) is 0 Å². The van der Waals surface area contributed by atoms with Crippen molar-refractivity contribution >= 4 is 23.3 Å². The molecule has 0 aliphatic heterocycles. The Labute approximate surface area is 110 Å². The Kier molecular flexibility index (Phi) is 3.58. The zero-order chi connectivity index (χ0) is 13.1. The number of rotatable bonds is 2. The Hall–Kier alpha value is -1.94. The standard InChI is InChI=1S/C13H12ClN3O/c1-9-7-10(8-11(14)16-9)13(18)17(2)12-5-3-4-6-15-12/h3-8H,1-2H3. The minimum Gasteiger partial charge on any atom is -0.296 e. The number of anilines is 1. The van der Waals surface area contributed by atoms with Crippen molar-refractivity contribution < 1.29 is 4.79 Å². The summed E-state index contributed by atoms with van der Waals surface area (Å²) in [5, 5.41) is 0.313. The molecule has 0 fully saturated rings. The zero-order valence-corrected chi connectivity index (χ0v) is 10.8. The maximum absolute atomic E-state index is 12.2. The van der Waals surface area contributed by atoms with Gasteiger partial charge < -0.3 is 0 Å². The highest BCUT2D eigenvalue weighted by Gasteiger charge is 2.15. The first-order valence-corrected chi connectivity index (χ1v) is 5.79. The summed E-state index contributed by atoms with van der Waals surface area (Å²) >= 11 is 5.85. The summed E-state index contributed by atoms with van der Waals surface area (Å²) < 4.78 is 0. The van der Waals surface area contributed by atoms with Crippen molar-refractivity contribution in [1.29, 1.82) is 0 Å². The molecule has 0 saturated carbocycles. The number of carbonyl (C=O) groups excluding carboxylic acids is 1. The van der Waals surface area contributed by atoms with Crippen molar-refractivity contribution in [2.45, 2.75) is 6.92 Å². The van der Waals surface area contributed by atoms with Gasteiger partial charge >= 0.3 is 0 Å². The normalized spacial score (nSPS) is 10.2. The van der Waals surface area contributed by atoms with Gasteiger partial charge in [0.2, 0.25) is 0 Å². The lowest BCUT2D eigenvalue weighted by Crippen LogP contribution is -2.27. The number of carbonyl (C=O) groups is 1. The van der Waals surface area contributed by atoms with Crippen molar-refractivity contribution in [1.82, 2.24) is 9.97 Å². The highest BCUT2D eigenvalue weighted by molar-refractivity contribution is 6.29. The van der Waals surface area contributed by atoms with E-state index in [1.807, 2.05) is 6.07 Å². The molecule has 1 amide bonds. The summed E-state index contributed by atoms with van der Waals surface area (Å²) in [6.07, 6.45) is 1.64. The van der Waals surface area contributed by atoms with Crippen LogP contribution in [-0.2, 0) is 0 Å². The molecule has 2 rings (SSSR count). The molecule has 5 heteroatoms.